The van der Waals surface area contributed by atoms with Gasteiger partial charge in [-0.05, 0) is 56.9 Å². The molecule has 2 saturated heterocycles. The minimum atomic E-state index is 0.101. The SMILES string of the molecule is Cc1nnsc1C(=O)N1[C@H](c2ccccc2)C[C@@H]2[C@@H]1CCCCN2C. The molecule has 0 N–H and O–H groups in total. The van der Waals surface area contributed by atoms with E-state index in [4.69, 9.17) is 0 Å². The molecule has 25 heavy (non-hydrogen) atoms. The molecule has 3 heterocycles. The van der Waals surface area contributed by atoms with E-state index in [-0.39, 0.29) is 18.0 Å². The molecule has 4 rings (SSSR count). The summed E-state index contributed by atoms with van der Waals surface area (Å²) in [6.07, 6.45) is 4.47. The molecule has 0 bridgehead atoms. The zero-order valence-corrected chi connectivity index (χ0v) is 15.6. The van der Waals surface area contributed by atoms with Gasteiger partial charge in [-0.25, -0.2) is 0 Å². The van der Waals surface area contributed by atoms with Crippen molar-refractivity contribution in [1.82, 2.24) is 19.4 Å². The first-order valence-corrected chi connectivity index (χ1v) is 9.81. The molecule has 0 saturated carbocycles. The summed E-state index contributed by atoms with van der Waals surface area (Å²) in [5.41, 5.74) is 1.97. The van der Waals surface area contributed by atoms with Crippen molar-refractivity contribution < 1.29 is 4.79 Å². The Labute approximate surface area is 152 Å². The third-order valence-electron chi connectivity index (χ3n) is 5.69. The van der Waals surface area contributed by atoms with Gasteiger partial charge in [0.25, 0.3) is 5.91 Å². The maximum Gasteiger partial charge on any atom is 0.268 e. The van der Waals surface area contributed by atoms with Crippen molar-refractivity contribution in [3.8, 4) is 0 Å². The highest BCUT2D eigenvalue weighted by Crippen LogP contribution is 2.42. The molecule has 3 atom stereocenters. The fraction of sp³-hybridized carbons (Fsp3) is 0.526. The Morgan fingerprint density at radius 3 is 2.72 bits per heavy atom. The standard InChI is InChI=1S/C19H24N4OS/c1-13-18(25-21-20-13)19(24)23-15-10-6-7-11-22(2)17(15)12-16(23)14-8-4-3-5-9-14/h3-5,8-9,15-17H,6-7,10-12H2,1-2H3/t15-,16-,17+/m0/s1. The molecule has 0 radical (unpaired) electrons. The number of carbonyl (C=O) groups excluding carboxylic acids is 1. The van der Waals surface area contributed by atoms with Crippen molar-refractivity contribution in [1.29, 1.82) is 0 Å². The highest BCUT2D eigenvalue weighted by molar-refractivity contribution is 7.07. The van der Waals surface area contributed by atoms with Crippen LogP contribution in [0.1, 0.15) is 52.7 Å². The highest BCUT2D eigenvalue weighted by Gasteiger charge is 2.47. The van der Waals surface area contributed by atoms with E-state index in [1.165, 1.54) is 29.9 Å². The lowest BCUT2D eigenvalue weighted by atomic mass is 10.0. The van der Waals surface area contributed by atoms with Crippen LogP contribution in [0.3, 0.4) is 0 Å². The summed E-state index contributed by atoms with van der Waals surface area (Å²) in [6.45, 7) is 2.99. The first-order chi connectivity index (χ1) is 12.2. The molecule has 0 aliphatic carbocycles. The van der Waals surface area contributed by atoms with Crippen LogP contribution < -0.4 is 0 Å². The van der Waals surface area contributed by atoms with Crippen molar-refractivity contribution in [3.05, 3.63) is 46.5 Å². The molecule has 2 fully saturated rings. The molecule has 1 aromatic heterocycles. The molecule has 6 heteroatoms. The third-order valence-corrected chi connectivity index (χ3v) is 6.51. The number of carbonyl (C=O) groups is 1. The van der Waals surface area contributed by atoms with Crippen LogP contribution in [0.4, 0.5) is 0 Å². The van der Waals surface area contributed by atoms with Crippen LogP contribution in [0.25, 0.3) is 0 Å². The molecule has 5 nitrogen and oxygen atoms in total. The van der Waals surface area contributed by atoms with Crippen LogP contribution in [-0.4, -0.2) is 51.0 Å². The largest absolute Gasteiger partial charge is 0.326 e. The fourth-order valence-electron chi connectivity index (χ4n) is 4.41. The molecule has 132 valence electrons. The number of fused-ring (bicyclic) bond motifs is 1. The molecule has 0 spiro atoms. The number of benzene rings is 1. The van der Waals surface area contributed by atoms with Crippen LogP contribution in [0.15, 0.2) is 30.3 Å². The van der Waals surface area contributed by atoms with E-state index < -0.39 is 0 Å². The summed E-state index contributed by atoms with van der Waals surface area (Å²) in [5.74, 6) is 0.101. The number of rotatable bonds is 2. The Hall–Kier alpha value is -1.79. The van der Waals surface area contributed by atoms with Gasteiger partial charge in [0.2, 0.25) is 0 Å². The lowest BCUT2D eigenvalue weighted by molar-refractivity contribution is 0.0636. The van der Waals surface area contributed by atoms with E-state index in [1.807, 2.05) is 13.0 Å². The monoisotopic (exact) mass is 356 g/mol. The fourth-order valence-corrected chi connectivity index (χ4v) is 5.01. The molecular formula is C19H24N4OS. The Morgan fingerprint density at radius 2 is 2.00 bits per heavy atom. The second-order valence-electron chi connectivity index (χ2n) is 7.17. The van der Waals surface area contributed by atoms with Crippen molar-refractivity contribution >= 4 is 17.4 Å². The van der Waals surface area contributed by atoms with Gasteiger partial charge in [0.05, 0.1) is 11.7 Å². The summed E-state index contributed by atoms with van der Waals surface area (Å²) in [7, 11) is 2.21. The second-order valence-corrected chi connectivity index (χ2v) is 7.93. The third kappa shape index (κ3) is 2.98. The van der Waals surface area contributed by atoms with E-state index in [9.17, 15) is 4.79 Å². The first-order valence-electron chi connectivity index (χ1n) is 9.03. The summed E-state index contributed by atoms with van der Waals surface area (Å²) >= 11 is 1.22. The van der Waals surface area contributed by atoms with Gasteiger partial charge in [-0.1, -0.05) is 41.2 Å². The number of hydrogen-bond donors (Lipinski definition) is 0. The number of nitrogens with zero attached hydrogens (tertiary/aromatic N) is 4. The van der Waals surface area contributed by atoms with E-state index in [0.29, 0.717) is 10.9 Å². The zero-order valence-electron chi connectivity index (χ0n) is 14.8. The molecule has 1 aromatic carbocycles. The maximum absolute atomic E-state index is 13.4. The maximum atomic E-state index is 13.4. The topological polar surface area (TPSA) is 49.3 Å². The molecule has 2 aliphatic rings. The van der Waals surface area contributed by atoms with Gasteiger partial charge in [-0.3, -0.25) is 4.79 Å². The summed E-state index contributed by atoms with van der Waals surface area (Å²) in [5, 5.41) is 4.05. The zero-order chi connectivity index (χ0) is 17.4. The van der Waals surface area contributed by atoms with Crippen molar-refractivity contribution in [2.75, 3.05) is 13.6 Å². The van der Waals surface area contributed by atoms with Crippen LogP contribution in [-0.2, 0) is 0 Å². The van der Waals surface area contributed by atoms with E-state index in [1.54, 1.807) is 0 Å². The van der Waals surface area contributed by atoms with Crippen LogP contribution in [0.2, 0.25) is 0 Å². The van der Waals surface area contributed by atoms with Gasteiger partial charge in [0.15, 0.2) is 0 Å². The van der Waals surface area contributed by atoms with Crippen LogP contribution in [0.5, 0.6) is 0 Å². The Balaban J connectivity index is 1.74. The van der Waals surface area contributed by atoms with Crippen molar-refractivity contribution in [2.24, 2.45) is 0 Å². The Kier molecular flexibility index (Phi) is 4.56. The number of likely N-dealkylation sites (N-methyl/N-ethyl adjacent to an activating group) is 1. The minimum Gasteiger partial charge on any atom is -0.326 e. The first kappa shape index (κ1) is 16.7. The van der Waals surface area contributed by atoms with Crippen molar-refractivity contribution in [2.45, 2.75) is 50.7 Å². The number of hydrogen-bond acceptors (Lipinski definition) is 5. The van der Waals surface area contributed by atoms with Gasteiger partial charge in [0, 0.05) is 12.1 Å². The number of likely N-dealkylation sites (tertiary alicyclic amines) is 2. The number of amides is 1. The predicted molar refractivity (Wildman–Crippen MR) is 98.7 cm³/mol. The molecule has 2 aromatic rings. The summed E-state index contributed by atoms with van der Waals surface area (Å²) < 4.78 is 3.98. The quantitative estimate of drug-likeness (QED) is 0.828. The normalized spacial score (nSPS) is 27.1. The molecule has 0 unspecified atom stereocenters. The molecule has 2 aliphatic heterocycles. The Bertz CT molecular complexity index is 747. The predicted octanol–water partition coefficient (Wildman–Crippen LogP) is 3.29. The number of aromatic nitrogens is 2. The lowest BCUT2D eigenvalue weighted by Crippen LogP contribution is -2.44. The van der Waals surface area contributed by atoms with Gasteiger partial charge in [-0.15, -0.1) is 5.10 Å². The smallest absolute Gasteiger partial charge is 0.268 e. The lowest BCUT2D eigenvalue weighted by Gasteiger charge is -2.32. The average Bonchev–Trinajstić information content (AvgIpc) is 3.18. The van der Waals surface area contributed by atoms with Gasteiger partial charge >= 0.3 is 0 Å². The second kappa shape index (κ2) is 6.84. The minimum absolute atomic E-state index is 0.101. The van der Waals surface area contributed by atoms with Crippen LogP contribution >= 0.6 is 11.5 Å². The van der Waals surface area contributed by atoms with Gasteiger partial charge in [-0.2, -0.15) is 0 Å². The average molecular weight is 356 g/mol. The summed E-state index contributed by atoms with van der Waals surface area (Å²) in [6, 6.07) is 11.3. The number of aryl methyl sites for hydroxylation is 1. The summed E-state index contributed by atoms with van der Waals surface area (Å²) in [4.78, 5) is 18.7. The molecular weight excluding hydrogens is 332 g/mol. The van der Waals surface area contributed by atoms with Crippen molar-refractivity contribution in [3.63, 3.8) is 0 Å². The van der Waals surface area contributed by atoms with Crippen LogP contribution in [0, 0.1) is 6.92 Å². The highest BCUT2D eigenvalue weighted by atomic mass is 32.1. The van der Waals surface area contributed by atoms with E-state index in [0.717, 1.165) is 25.1 Å². The molecule has 1 amide bonds. The van der Waals surface area contributed by atoms with Gasteiger partial charge in [0.1, 0.15) is 4.88 Å². The van der Waals surface area contributed by atoms with Gasteiger partial charge < -0.3 is 9.80 Å². The van der Waals surface area contributed by atoms with E-state index >= 15 is 0 Å². The van der Waals surface area contributed by atoms with E-state index in [2.05, 4.69) is 50.7 Å². The Morgan fingerprint density at radius 1 is 1.20 bits per heavy atom.